The Morgan fingerprint density at radius 1 is 1.38 bits per heavy atom. The molecular weight excluding hydrogens is 264 g/mol. The number of nitrogens with two attached hydrogens (primary N) is 1. The molecule has 0 saturated carbocycles. The summed E-state index contributed by atoms with van der Waals surface area (Å²) in [4.78, 5) is 14.9. The van der Waals surface area contributed by atoms with Crippen molar-refractivity contribution in [1.82, 2.24) is 4.90 Å². The minimum atomic E-state index is -0.0539. The van der Waals surface area contributed by atoms with E-state index in [4.69, 9.17) is 10.5 Å². The van der Waals surface area contributed by atoms with Gasteiger partial charge in [-0.25, -0.2) is 0 Å². The van der Waals surface area contributed by atoms with Crippen LogP contribution in [0.3, 0.4) is 0 Å². The minimum Gasteiger partial charge on any atom is -0.493 e. The molecule has 0 aromatic heterocycles. The molecule has 4 heteroatoms. The summed E-state index contributed by atoms with van der Waals surface area (Å²) in [5.74, 6) is 1.48. The standard InChI is InChI=1S/C17H24N2O2/c1-12(18)13-5-4-9-19(11-13)17(20)15-8-10-21-16-7-3-2-6-14(15)16/h2-3,6-7,12-13,15H,4-5,8-11,18H2,1H3. The first kappa shape index (κ1) is 14.4. The third kappa shape index (κ3) is 2.91. The summed E-state index contributed by atoms with van der Waals surface area (Å²) < 4.78 is 5.66. The van der Waals surface area contributed by atoms with E-state index in [-0.39, 0.29) is 17.9 Å². The molecule has 2 N–H and O–H groups in total. The Kier molecular flexibility index (Phi) is 4.15. The van der Waals surface area contributed by atoms with Gasteiger partial charge in [0, 0.05) is 24.7 Å². The van der Waals surface area contributed by atoms with Gasteiger partial charge in [0.1, 0.15) is 5.75 Å². The lowest BCUT2D eigenvalue weighted by Gasteiger charge is -2.37. The van der Waals surface area contributed by atoms with Crippen LogP contribution in [-0.4, -0.2) is 36.5 Å². The van der Waals surface area contributed by atoms with Crippen LogP contribution in [0.25, 0.3) is 0 Å². The molecule has 2 aliphatic rings. The molecule has 114 valence electrons. The zero-order valence-corrected chi connectivity index (χ0v) is 12.6. The van der Waals surface area contributed by atoms with Gasteiger partial charge >= 0.3 is 0 Å². The van der Waals surface area contributed by atoms with E-state index in [1.807, 2.05) is 36.1 Å². The highest BCUT2D eigenvalue weighted by Gasteiger charge is 2.33. The molecule has 1 fully saturated rings. The molecule has 0 radical (unpaired) electrons. The highest BCUT2D eigenvalue weighted by atomic mass is 16.5. The van der Waals surface area contributed by atoms with Crippen LogP contribution in [0.5, 0.6) is 5.75 Å². The molecule has 0 aliphatic carbocycles. The van der Waals surface area contributed by atoms with E-state index in [1.165, 1.54) is 0 Å². The predicted octanol–water partition coefficient (Wildman–Crippen LogP) is 2.14. The number of piperidine rings is 1. The van der Waals surface area contributed by atoms with Gasteiger partial charge in [-0.05, 0) is 38.2 Å². The van der Waals surface area contributed by atoms with E-state index < -0.39 is 0 Å². The number of ether oxygens (including phenoxy) is 1. The number of fused-ring (bicyclic) bond motifs is 1. The molecule has 1 aromatic carbocycles. The Labute approximate surface area is 126 Å². The number of rotatable bonds is 2. The van der Waals surface area contributed by atoms with Gasteiger partial charge in [0.15, 0.2) is 0 Å². The fourth-order valence-corrected chi connectivity index (χ4v) is 3.46. The van der Waals surface area contributed by atoms with Crippen molar-refractivity contribution in [2.24, 2.45) is 11.7 Å². The summed E-state index contributed by atoms with van der Waals surface area (Å²) in [6.07, 6.45) is 2.96. The Hall–Kier alpha value is -1.55. The summed E-state index contributed by atoms with van der Waals surface area (Å²) in [6.45, 7) is 4.33. The second-order valence-corrected chi connectivity index (χ2v) is 6.27. The Morgan fingerprint density at radius 2 is 2.19 bits per heavy atom. The van der Waals surface area contributed by atoms with Crippen LogP contribution in [-0.2, 0) is 4.79 Å². The quantitative estimate of drug-likeness (QED) is 0.907. The first-order valence-corrected chi connectivity index (χ1v) is 7.93. The molecule has 21 heavy (non-hydrogen) atoms. The summed E-state index contributed by atoms with van der Waals surface area (Å²) >= 11 is 0. The number of benzene rings is 1. The van der Waals surface area contributed by atoms with E-state index in [1.54, 1.807) is 0 Å². The first-order valence-electron chi connectivity index (χ1n) is 7.93. The molecule has 2 aliphatic heterocycles. The maximum Gasteiger partial charge on any atom is 0.230 e. The molecule has 3 atom stereocenters. The second-order valence-electron chi connectivity index (χ2n) is 6.27. The van der Waals surface area contributed by atoms with Gasteiger partial charge in [-0.15, -0.1) is 0 Å². The van der Waals surface area contributed by atoms with Crippen LogP contribution in [0, 0.1) is 5.92 Å². The SMILES string of the molecule is CC(N)C1CCCN(C(=O)C2CCOc3ccccc32)C1. The van der Waals surface area contributed by atoms with Crippen LogP contribution in [0.4, 0.5) is 0 Å². The second kappa shape index (κ2) is 6.06. The van der Waals surface area contributed by atoms with Gasteiger partial charge in [0.05, 0.1) is 12.5 Å². The molecular formula is C17H24N2O2. The van der Waals surface area contributed by atoms with E-state index >= 15 is 0 Å². The van der Waals surface area contributed by atoms with E-state index in [2.05, 4.69) is 0 Å². The number of carbonyl (C=O) groups is 1. The topological polar surface area (TPSA) is 55.6 Å². The number of carbonyl (C=O) groups excluding carboxylic acids is 1. The smallest absolute Gasteiger partial charge is 0.230 e. The van der Waals surface area contributed by atoms with Crippen molar-refractivity contribution in [3.63, 3.8) is 0 Å². The molecule has 0 bridgehead atoms. The number of likely N-dealkylation sites (tertiary alicyclic amines) is 1. The van der Waals surface area contributed by atoms with Crippen molar-refractivity contribution in [3.8, 4) is 5.75 Å². The summed E-state index contributed by atoms with van der Waals surface area (Å²) in [5.41, 5.74) is 7.07. The number of amides is 1. The van der Waals surface area contributed by atoms with E-state index in [0.29, 0.717) is 12.5 Å². The van der Waals surface area contributed by atoms with Crippen LogP contribution in [0.1, 0.15) is 37.7 Å². The fourth-order valence-electron chi connectivity index (χ4n) is 3.46. The van der Waals surface area contributed by atoms with E-state index in [9.17, 15) is 4.79 Å². The van der Waals surface area contributed by atoms with Gasteiger partial charge in [-0.2, -0.15) is 0 Å². The lowest BCUT2D eigenvalue weighted by Crippen LogP contribution is -2.47. The first-order chi connectivity index (χ1) is 10.2. The van der Waals surface area contributed by atoms with Gasteiger partial charge in [0.25, 0.3) is 0 Å². The van der Waals surface area contributed by atoms with Crippen molar-refractivity contribution in [1.29, 1.82) is 0 Å². The Balaban J connectivity index is 1.77. The van der Waals surface area contributed by atoms with Crippen molar-refractivity contribution in [2.45, 2.75) is 38.1 Å². The summed E-state index contributed by atoms with van der Waals surface area (Å²) in [5, 5.41) is 0. The van der Waals surface area contributed by atoms with Crippen molar-refractivity contribution in [3.05, 3.63) is 29.8 Å². The van der Waals surface area contributed by atoms with Crippen molar-refractivity contribution >= 4 is 5.91 Å². The number of hydrogen-bond donors (Lipinski definition) is 1. The van der Waals surface area contributed by atoms with Crippen molar-refractivity contribution < 1.29 is 9.53 Å². The maximum absolute atomic E-state index is 12.9. The van der Waals surface area contributed by atoms with Crippen LogP contribution in [0.2, 0.25) is 0 Å². The zero-order valence-electron chi connectivity index (χ0n) is 12.6. The van der Waals surface area contributed by atoms with Gasteiger partial charge < -0.3 is 15.4 Å². The minimum absolute atomic E-state index is 0.0539. The molecule has 3 rings (SSSR count). The van der Waals surface area contributed by atoms with Crippen LogP contribution < -0.4 is 10.5 Å². The molecule has 2 heterocycles. The molecule has 1 aromatic rings. The zero-order chi connectivity index (χ0) is 14.8. The third-order valence-electron chi connectivity index (χ3n) is 4.77. The lowest BCUT2D eigenvalue weighted by atomic mass is 9.88. The van der Waals surface area contributed by atoms with Crippen LogP contribution >= 0.6 is 0 Å². The Morgan fingerprint density at radius 3 is 3.00 bits per heavy atom. The van der Waals surface area contributed by atoms with E-state index in [0.717, 1.165) is 43.7 Å². The average molecular weight is 288 g/mol. The highest BCUT2D eigenvalue weighted by Crippen LogP contribution is 2.35. The average Bonchev–Trinajstić information content (AvgIpc) is 2.53. The third-order valence-corrected chi connectivity index (χ3v) is 4.77. The van der Waals surface area contributed by atoms with Gasteiger partial charge in [-0.1, -0.05) is 18.2 Å². The van der Waals surface area contributed by atoms with Gasteiger partial charge in [0.2, 0.25) is 5.91 Å². The molecule has 1 amide bonds. The molecule has 1 saturated heterocycles. The number of para-hydroxylation sites is 1. The monoisotopic (exact) mass is 288 g/mol. The Bertz CT molecular complexity index is 515. The number of hydrogen-bond acceptors (Lipinski definition) is 3. The normalized spacial score (nSPS) is 26.7. The fraction of sp³-hybridized carbons (Fsp3) is 0.588. The predicted molar refractivity (Wildman–Crippen MR) is 82.2 cm³/mol. The molecule has 0 spiro atoms. The molecule has 3 unspecified atom stereocenters. The van der Waals surface area contributed by atoms with Crippen LogP contribution in [0.15, 0.2) is 24.3 Å². The highest BCUT2D eigenvalue weighted by molar-refractivity contribution is 5.85. The number of nitrogens with zero attached hydrogens (tertiary/aromatic N) is 1. The lowest BCUT2D eigenvalue weighted by molar-refractivity contribution is -0.135. The van der Waals surface area contributed by atoms with Gasteiger partial charge in [-0.3, -0.25) is 4.79 Å². The summed E-state index contributed by atoms with van der Waals surface area (Å²) in [7, 11) is 0. The van der Waals surface area contributed by atoms with Crippen molar-refractivity contribution in [2.75, 3.05) is 19.7 Å². The maximum atomic E-state index is 12.9. The molecule has 4 nitrogen and oxygen atoms in total. The summed E-state index contributed by atoms with van der Waals surface area (Å²) in [6, 6.07) is 8.07. The largest absolute Gasteiger partial charge is 0.493 e.